The first-order valence-electron chi connectivity index (χ1n) is 10.1. The quantitative estimate of drug-likeness (QED) is 0.360. The Morgan fingerprint density at radius 3 is 2.83 bits per heavy atom. The SMILES string of the molecule is CCNC(=NCC1(O)CCc2ccccc21)N1CCN(c2cnn(C)c2)C(=O)C1.I. The van der Waals surface area contributed by atoms with Crippen LogP contribution in [0.1, 0.15) is 24.5 Å². The number of carbonyl (C=O) groups is 1. The molecule has 0 bridgehead atoms. The van der Waals surface area contributed by atoms with Crippen LogP contribution < -0.4 is 10.2 Å². The molecule has 1 aliphatic carbocycles. The van der Waals surface area contributed by atoms with Crippen LogP contribution in [-0.4, -0.2) is 64.4 Å². The zero-order valence-corrected chi connectivity index (χ0v) is 19.7. The molecule has 1 fully saturated rings. The number of hydrogen-bond donors (Lipinski definition) is 2. The van der Waals surface area contributed by atoms with Crippen molar-refractivity contribution >= 4 is 41.5 Å². The molecule has 1 aliphatic heterocycles. The van der Waals surface area contributed by atoms with Crippen LogP contribution in [0.5, 0.6) is 0 Å². The van der Waals surface area contributed by atoms with Crippen LogP contribution in [0, 0.1) is 0 Å². The number of rotatable bonds is 4. The molecule has 8 nitrogen and oxygen atoms in total. The second kappa shape index (κ2) is 9.34. The van der Waals surface area contributed by atoms with E-state index in [9.17, 15) is 9.90 Å². The average Bonchev–Trinajstić information content (AvgIpc) is 3.29. The second-order valence-electron chi connectivity index (χ2n) is 7.70. The zero-order chi connectivity index (χ0) is 20.4. The number of aromatic nitrogens is 2. The summed E-state index contributed by atoms with van der Waals surface area (Å²) in [6, 6.07) is 8.02. The summed E-state index contributed by atoms with van der Waals surface area (Å²) in [6.45, 7) is 4.47. The number of aliphatic imine (C=N–C) groups is 1. The molecule has 2 N–H and O–H groups in total. The molecule has 1 saturated heterocycles. The minimum atomic E-state index is -0.946. The van der Waals surface area contributed by atoms with Crippen LogP contribution in [0.3, 0.4) is 0 Å². The lowest BCUT2D eigenvalue weighted by Crippen LogP contribution is -2.55. The number of amides is 1. The van der Waals surface area contributed by atoms with Crippen molar-refractivity contribution in [2.75, 3.05) is 37.6 Å². The maximum atomic E-state index is 12.7. The summed E-state index contributed by atoms with van der Waals surface area (Å²) >= 11 is 0. The van der Waals surface area contributed by atoms with E-state index in [-0.39, 0.29) is 43.0 Å². The van der Waals surface area contributed by atoms with Crippen molar-refractivity contribution in [2.45, 2.75) is 25.4 Å². The summed E-state index contributed by atoms with van der Waals surface area (Å²) in [5.41, 5.74) is 2.03. The fourth-order valence-electron chi connectivity index (χ4n) is 4.14. The van der Waals surface area contributed by atoms with Gasteiger partial charge in [0.2, 0.25) is 5.91 Å². The molecule has 0 spiro atoms. The van der Waals surface area contributed by atoms with Gasteiger partial charge in [0.05, 0.1) is 18.4 Å². The van der Waals surface area contributed by atoms with Crippen molar-refractivity contribution in [1.29, 1.82) is 0 Å². The number of piperazine rings is 1. The molecular weight excluding hydrogens is 495 g/mol. The molecule has 4 rings (SSSR count). The van der Waals surface area contributed by atoms with E-state index < -0.39 is 5.60 Å². The molecule has 1 aromatic carbocycles. The lowest BCUT2D eigenvalue weighted by atomic mass is 9.96. The fourth-order valence-corrected chi connectivity index (χ4v) is 4.14. The van der Waals surface area contributed by atoms with E-state index in [0.717, 1.165) is 17.7 Å². The Balaban J connectivity index is 0.00000256. The van der Waals surface area contributed by atoms with Gasteiger partial charge in [0.25, 0.3) is 0 Å². The number of halogens is 1. The van der Waals surface area contributed by atoms with Crippen LogP contribution in [0.2, 0.25) is 0 Å². The smallest absolute Gasteiger partial charge is 0.246 e. The summed E-state index contributed by atoms with van der Waals surface area (Å²) in [4.78, 5) is 21.2. The third-order valence-electron chi connectivity index (χ3n) is 5.68. The highest BCUT2D eigenvalue weighted by atomic mass is 127. The first-order chi connectivity index (χ1) is 14.0. The Morgan fingerprint density at radius 2 is 2.13 bits per heavy atom. The van der Waals surface area contributed by atoms with Crippen LogP contribution >= 0.6 is 24.0 Å². The molecule has 2 aliphatic rings. The maximum absolute atomic E-state index is 12.7. The van der Waals surface area contributed by atoms with E-state index >= 15 is 0 Å². The van der Waals surface area contributed by atoms with Gasteiger partial charge in [-0.05, 0) is 30.9 Å². The number of fused-ring (bicyclic) bond motifs is 1. The summed E-state index contributed by atoms with van der Waals surface area (Å²) in [5, 5.41) is 18.6. The Kier molecular flexibility index (Phi) is 7.02. The maximum Gasteiger partial charge on any atom is 0.246 e. The number of nitrogens with one attached hydrogen (secondary N) is 1. The van der Waals surface area contributed by atoms with Gasteiger partial charge in [-0.25, -0.2) is 4.99 Å². The first kappa shape index (κ1) is 22.5. The zero-order valence-electron chi connectivity index (χ0n) is 17.4. The molecule has 162 valence electrons. The van der Waals surface area contributed by atoms with E-state index in [0.29, 0.717) is 32.0 Å². The molecule has 9 heteroatoms. The number of aryl methyl sites for hydroxylation is 2. The molecule has 1 unspecified atom stereocenters. The lowest BCUT2D eigenvalue weighted by molar-refractivity contribution is -0.120. The van der Waals surface area contributed by atoms with Gasteiger partial charge < -0.3 is 20.2 Å². The minimum Gasteiger partial charge on any atom is -0.383 e. The van der Waals surface area contributed by atoms with Crippen molar-refractivity contribution < 1.29 is 9.90 Å². The highest BCUT2D eigenvalue weighted by molar-refractivity contribution is 14.0. The van der Waals surface area contributed by atoms with Crippen molar-refractivity contribution in [2.24, 2.45) is 12.0 Å². The molecular formula is C21H29IN6O2. The first-order valence-corrected chi connectivity index (χ1v) is 10.1. The minimum absolute atomic E-state index is 0. The van der Waals surface area contributed by atoms with Crippen LogP contribution in [0.4, 0.5) is 5.69 Å². The number of hydrogen-bond acceptors (Lipinski definition) is 4. The van der Waals surface area contributed by atoms with Gasteiger partial charge in [0.1, 0.15) is 12.1 Å². The Hall–Kier alpha value is -2.14. The van der Waals surface area contributed by atoms with Gasteiger partial charge >= 0.3 is 0 Å². The molecule has 0 radical (unpaired) electrons. The van der Waals surface area contributed by atoms with Crippen molar-refractivity contribution in [3.8, 4) is 0 Å². The largest absolute Gasteiger partial charge is 0.383 e. The van der Waals surface area contributed by atoms with Crippen LogP contribution in [0.15, 0.2) is 41.7 Å². The molecule has 1 amide bonds. The fraction of sp³-hybridized carbons (Fsp3) is 0.476. The normalized spacial score (nSPS) is 21.4. The topological polar surface area (TPSA) is 86.0 Å². The molecule has 1 aromatic heterocycles. The molecule has 2 heterocycles. The van der Waals surface area contributed by atoms with E-state index in [4.69, 9.17) is 4.99 Å². The van der Waals surface area contributed by atoms with Gasteiger partial charge in [-0.2, -0.15) is 5.10 Å². The standard InChI is InChI=1S/C21H28N6O2.HI/c1-3-22-20(23-15-21(29)9-8-16-6-4-5-7-18(16)21)26-10-11-27(19(28)14-26)17-12-24-25(2)13-17;/h4-7,12-13,29H,3,8-11,14-15H2,1-2H3,(H,22,23);1H. The van der Waals surface area contributed by atoms with E-state index in [1.54, 1.807) is 15.8 Å². The van der Waals surface area contributed by atoms with E-state index in [1.165, 1.54) is 5.56 Å². The van der Waals surface area contributed by atoms with Gasteiger partial charge in [0.15, 0.2) is 5.96 Å². The summed E-state index contributed by atoms with van der Waals surface area (Å²) in [6.07, 6.45) is 5.09. The lowest BCUT2D eigenvalue weighted by Gasteiger charge is -2.35. The Bertz CT molecular complexity index is 930. The van der Waals surface area contributed by atoms with Crippen LogP contribution in [-0.2, 0) is 23.9 Å². The number of aliphatic hydroxyl groups is 1. The third-order valence-corrected chi connectivity index (χ3v) is 5.68. The van der Waals surface area contributed by atoms with Gasteiger partial charge in [0, 0.05) is 32.9 Å². The third kappa shape index (κ3) is 4.46. The Morgan fingerprint density at radius 1 is 1.33 bits per heavy atom. The Labute approximate surface area is 194 Å². The van der Waals surface area contributed by atoms with Crippen molar-refractivity contribution in [3.05, 3.63) is 47.8 Å². The summed E-state index contributed by atoms with van der Waals surface area (Å²) in [7, 11) is 1.84. The summed E-state index contributed by atoms with van der Waals surface area (Å²) in [5.74, 6) is 0.685. The molecule has 2 aromatic rings. The molecule has 0 saturated carbocycles. The summed E-state index contributed by atoms with van der Waals surface area (Å²) < 4.78 is 1.70. The molecule has 1 atom stereocenters. The van der Waals surface area contributed by atoms with Gasteiger partial charge in [-0.15, -0.1) is 24.0 Å². The highest BCUT2D eigenvalue weighted by Gasteiger charge is 2.36. The molecule has 30 heavy (non-hydrogen) atoms. The van der Waals surface area contributed by atoms with E-state index in [2.05, 4.69) is 16.5 Å². The predicted octanol–water partition coefficient (Wildman–Crippen LogP) is 1.49. The highest BCUT2D eigenvalue weighted by Crippen LogP contribution is 2.36. The van der Waals surface area contributed by atoms with Crippen LogP contribution in [0.25, 0.3) is 0 Å². The monoisotopic (exact) mass is 524 g/mol. The number of nitrogens with zero attached hydrogens (tertiary/aromatic N) is 5. The average molecular weight is 524 g/mol. The number of benzene rings is 1. The van der Waals surface area contributed by atoms with Gasteiger partial charge in [-0.1, -0.05) is 24.3 Å². The number of carbonyl (C=O) groups excluding carboxylic acids is 1. The predicted molar refractivity (Wildman–Crippen MR) is 127 cm³/mol. The van der Waals surface area contributed by atoms with Crippen molar-refractivity contribution in [1.82, 2.24) is 20.0 Å². The number of guanidine groups is 1. The second-order valence-corrected chi connectivity index (χ2v) is 7.70. The van der Waals surface area contributed by atoms with E-state index in [1.807, 2.05) is 43.3 Å². The van der Waals surface area contributed by atoms with Gasteiger partial charge in [-0.3, -0.25) is 9.48 Å². The van der Waals surface area contributed by atoms with Crippen molar-refractivity contribution in [3.63, 3.8) is 0 Å². The number of anilines is 1.